The van der Waals surface area contributed by atoms with Gasteiger partial charge in [-0.15, -0.1) is 0 Å². The van der Waals surface area contributed by atoms with E-state index in [-0.39, 0.29) is 0 Å². The molecule has 0 aliphatic rings. The van der Waals surface area contributed by atoms with E-state index in [0.717, 1.165) is 27.9 Å². The highest BCUT2D eigenvalue weighted by molar-refractivity contribution is 6.31. The maximum Gasteiger partial charge on any atom is 0.220 e. The second-order valence-corrected chi connectivity index (χ2v) is 6.72. The summed E-state index contributed by atoms with van der Waals surface area (Å²) in [6.45, 7) is 2.50. The van der Waals surface area contributed by atoms with E-state index in [9.17, 15) is 0 Å². The Kier molecular flexibility index (Phi) is 4.53. The number of nitrogens with zero attached hydrogens (tertiary/aromatic N) is 3. The van der Waals surface area contributed by atoms with E-state index in [1.807, 2.05) is 67.6 Å². The minimum atomic E-state index is 0.534. The van der Waals surface area contributed by atoms with E-state index in [2.05, 4.69) is 10.1 Å². The van der Waals surface area contributed by atoms with Crippen LogP contribution in [0.3, 0.4) is 0 Å². The first kappa shape index (κ1) is 16.9. The van der Waals surface area contributed by atoms with Crippen molar-refractivity contribution >= 4 is 46.5 Å². The molecule has 0 radical (unpaired) electrons. The normalized spacial score (nSPS) is 11.7. The van der Waals surface area contributed by atoms with Gasteiger partial charge in [0.05, 0.1) is 12.2 Å². The lowest BCUT2D eigenvalue weighted by atomic mass is 10.2. The van der Waals surface area contributed by atoms with Gasteiger partial charge in [-0.2, -0.15) is 5.10 Å². The zero-order valence-electron chi connectivity index (χ0n) is 14.0. The predicted octanol–water partition coefficient (Wildman–Crippen LogP) is 5.86. The molecule has 2 aromatic heterocycles. The van der Waals surface area contributed by atoms with Gasteiger partial charge in [-0.3, -0.25) is 0 Å². The molecule has 6 heteroatoms. The standard InChI is InChI=1S/C20H15Cl2N3O/c1-13-16(10-11-19-23-17-4-2-3-5-18(17)26-19)20(22)25(24-13)12-14-6-8-15(21)9-7-14/h2-11H,12H2,1H3/b11-10+. The Balaban J connectivity index is 1.60. The quantitative estimate of drug-likeness (QED) is 0.443. The highest BCUT2D eigenvalue weighted by Crippen LogP contribution is 2.24. The minimum Gasteiger partial charge on any atom is -0.437 e. The van der Waals surface area contributed by atoms with Crippen molar-refractivity contribution in [2.45, 2.75) is 13.5 Å². The van der Waals surface area contributed by atoms with E-state index in [0.29, 0.717) is 22.6 Å². The van der Waals surface area contributed by atoms with Crippen molar-refractivity contribution in [2.24, 2.45) is 0 Å². The Morgan fingerprint density at radius 3 is 2.58 bits per heavy atom. The topological polar surface area (TPSA) is 43.9 Å². The molecule has 130 valence electrons. The average Bonchev–Trinajstić information content (AvgIpc) is 3.16. The Hall–Kier alpha value is -2.56. The molecule has 0 saturated heterocycles. The number of halogens is 2. The van der Waals surface area contributed by atoms with Crippen molar-refractivity contribution < 1.29 is 4.42 Å². The van der Waals surface area contributed by atoms with Crippen molar-refractivity contribution in [2.75, 3.05) is 0 Å². The van der Waals surface area contributed by atoms with Gasteiger partial charge in [0.1, 0.15) is 10.7 Å². The number of aryl methyl sites for hydroxylation is 1. The van der Waals surface area contributed by atoms with Crippen LogP contribution in [0.1, 0.15) is 22.7 Å². The van der Waals surface area contributed by atoms with E-state index in [4.69, 9.17) is 27.6 Å². The molecule has 0 bridgehead atoms. The van der Waals surface area contributed by atoms with Gasteiger partial charge in [0.25, 0.3) is 0 Å². The summed E-state index contributed by atoms with van der Waals surface area (Å²) in [5.41, 5.74) is 4.36. The molecule has 4 aromatic rings. The molecule has 4 nitrogen and oxygen atoms in total. The first-order valence-electron chi connectivity index (χ1n) is 8.11. The molecule has 0 amide bonds. The van der Waals surface area contributed by atoms with Gasteiger partial charge in [0, 0.05) is 16.7 Å². The second-order valence-electron chi connectivity index (χ2n) is 5.93. The second kappa shape index (κ2) is 6.98. The summed E-state index contributed by atoms with van der Waals surface area (Å²) >= 11 is 12.5. The molecule has 0 spiro atoms. The Labute approximate surface area is 160 Å². The number of rotatable bonds is 4. The largest absolute Gasteiger partial charge is 0.437 e. The van der Waals surface area contributed by atoms with Crippen LogP contribution in [0.15, 0.2) is 52.9 Å². The maximum atomic E-state index is 6.53. The van der Waals surface area contributed by atoms with Gasteiger partial charge in [0.2, 0.25) is 5.89 Å². The molecule has 2 heterocycles. The molecule has 4 rings (SSSR count). The molecule has 0 fully saturated rings. The maximum absolute atomic E-state index is 6.53. The predicted molar refractivity (Wildman–Crippen MR) is 105 cm³/mol. The SMILES string of the molecule is Cc1nn(Cc2ccc(Cl)cc2)c(Cl)c1/C=C/c1nc2ccccc2o1. The molecule has 0 unspecified atom stereocenters. The summed E-state index contributed by atoms with van der Waals surface area (Å²) in [6, 6.07) is 15.3. The lowest BCUT2D eigenvalue weighted by Gasteiger charge is -2.03. The lowest BCUT2D eigenvalue weighted by Crippen LogP contribution is -2.01. The van der Waals surface area contributed by atoms with E-state index >= 15 is 0 Å². The lowest BCUT2D eigenvalue weighted by molar-refractivity contribution is 0.589. The van der Waals surface area contributed by atoms with Crippen LogP contribution in [0.4, 0.5) is 0 Å². The zero-order valence-corrected chi connectivity index (χ0v) is 15.5. The van der Waals surface area contributed by atoms with Crippen molar-refractivity contribution in [3.05, 3.63) is 81.4 Å². The molecule has 26 heavy (non-hydrogen) atoms. The number of hydrogen-bond donors (Lipinski definition) is 0. The monoisotopic (exact) mass is 383 g/mol. The third-order valence-electron chi connectivity index (χ3n) is 4.06. The highest BCUT2D eigenvalue weighted by Gasteiger charge is 2.12. The number of para-hydroxylation sites is 2. The molecule has 2 aromatic carbocycles. The smallest absolute Gasteiger partial charge is 0.220 e. The fourth-order valence-corrected chi connectivity index (χ4v) is 3.16. The summed E-state index contributed by atoms with van der Waals surface area (Å²) in [6.07, 6.45) is 3.69. The number of hydrogen-bond acceptors (Lipinski definition) is 3. The number of oxazole rings is 1. The van der Waals surface area contributed by atoms with E-state index in [1.165, 1.54) is 0 Å². The van der Waals surface area contributed by atoms with Crippen LogP contribution in [-0.2, 0) is 6.54 Å². The summed E-state index contributed by atoms with van der Waals surface area (Å²) in [5, 5.41) is 5.81. The molecule has 0 atom stereocenters. The van der Waals surface area contributed by atoms with Crippen molar-refractivity contribution in [3.63, 3.8) is 0 Å². The molecule has 0 saturated carbocycles. The summed E-state index contributed by atoms with van der Waals surface area (Å²) in [7, 11) is 0. The summed E-state index contributed by atoms with van der Waals surface area (Å²) in [4.78, 5) is 4.43. The highest BCUT2D eigenvalue weighted by atomic mass is 35.5. The average molecular weight is 384 g/mol. The Morgan fingerprint density at radius 2 is 1.81 bits per heavy atom. The van der Waals surface area contributed by atoms with E-state index in [1.54, 1.807) is 4.68 Å². The zero-order chi connectivity index (χ0) is 18.1. The van der Waals surface area contributed by atoms with Gasteiger partial charge >= 0.3 is 0 Å². The van der Waals surface area contributed by atoms with Crippen LogP contribution >= 0.6 is 23.2 Å². The number of aromatic nitrogens is 3. The fraction of sp³-hybridized carbons (Fsp3) is 0.100. The number of benzene rings is 2. The van der Waals surface area contributed by atoms with Crippen LogP contribution in [0.25, 0.3) is 23.3 Å². The molecular formula is C20H15Cl2N3O. The molecular weight excluding hydrogens is 369 g/mol. The molecule has 0 aliphatic carbocycles. The number of fused-ring (bicyclic) bond motifs is 1. The first-order chi connectivity index (χ1) is 12.6. The summed E-state index contributed by atoms with van der Waals surface area (Å²) in [5.74, 6) is 0.534. The third kappa shape index (κ3) is 3.39. The van der Waals surface area contributed by atoms with Crippen LogP contribution in [0.5, 0.6) is 0 Å². The van der Waals surface area contributed by atoms with Crippen LogP contribution < -0.4 is 0 Å². The summed E-state index contributed by atoms with van der Waals surface area (Å²) < 4.78 is 7.47. The van der Waals surface area contributed by atoms with Gasteiger partial charge in [-0.1, -0.05) is 47.5 Å². The fourth-order valence-electron chi connectivity index (χ4n) is 2.74. The van der Waals surface area contributed by atoms with Crippen molar-refractivity contribution in [1.29, 1.82) is 0 Å². The van der Waals surface area contributed by atoms with Crippen LogP contribution in [-0.4, -0.2) is 14.8 Å². The Bertz CT molecular complexity index is 1060. The Morgan fingerprint density at radius 1 is 1.04 bits per heavy atom. The van der Waals surface area contributed by atoms with Crippen LogP contribution in [0, 0.1) is 6.92 Å². The minimum absolute atomic E-state index is 0.534. The van der Waals surface area contributed by atoms with Gasteiger partial charge in [0.15, 0.2) is 5.58 Å². The van der Waals surface area contributed by atoms with Gasteiger partial charge in [-0.05, 0) is 42.8 Å². The van der Waals surface area contributed by atoms with Crippen LogP contribution in [0.2, 0.25) is 10.2 Å². The molecule has 0 N–H and O–H groups in total. The van der Waals surface area contributed by atoms with E-state index < -0.39 is 0 Å². The third-order valence-corrected chi connectivity index (χ3v) is 4.71. The van der Waals surface area contributed by atoms with Crippen molar-refractivity contribution in [1.82, 2.24) is 14.8 Å². The van der Waals surface area contributed by atoms with Gasteiger partial charge < -0.3 is 4.42 Å². The van der Waals surface area contributed by atoms with Gasteiger partial charge in [-0.25, -0.2) is 9.67 Å². The first-order valence-corrected chi connectivity index (χ1v) is 8.87. The molecule has 0 aliphatic heterocycles. The van der Waals surface area contributed by atoms with Crippen molar-refractivity contribution in [3.8, 4) is 0 Å².